The summed E-state index contributed by atoms with van der Waals surface area (Å²) in [5, 5.41) is 36.6. The Morgan fingerprint density at radius 2 is 0.420 bits per heavy atom. The lowest BCUT2D eigenvalue weighted by molar-refractivity contribution is -0.142. The summed E-state index contributed by atoms with van der Waals surface area (Å²) in [5.74, 6) is -0.984. The van der Waals surface area contributed by atoms with Gasteiger partial charge in [-0.1, -0.05) is 187 Å². The molecule has 10 aromatic carbocycles. The van der Waals surface area contributed by atoms with E-state index in [9.17, 15) is 53.4 Å². The zero-order chi connectivity index (χ0) is 87.1. The van der Waals surface area contributed by atoms with E-state index >= 15 is 0 Å². The molecule has 0 unspecified atom stereocenters. The molecule has 626 valence electrons. The molecule has 10 aromatic rings. The highest BCUT2D eigenvalue weighted by atomic mass is 16.6. The van der Waals surface area contributed by atoms with Crippen LogP contribution < -0.4 is 37.9 Å². The minimum Gasteiger partial charge on any atom is -0.507 e. The Balaban J connectivity index is 0.000000263. The first-order valence-corrected chi connectivity index (χ1v) is 38.8. The first kappa shape index (κ1) is 94.9. The lowest BCUT2D eigenvalue weighted by Crippen LogP contribution is -2.16. The van der Waals surface area contributed by atoms with Crippen molar-refractivity contribution < 1.29 is 96.4 Å². The Hall–Kier alpha value is -13.0. The molecular formula is C99H110O20. The minimum atomic E-state index is -1.06. The minimum absolute atomic E-state index is 0. The number of hydrogen-bond acceptors (Lipinski definition) is 19. The van der Waals surface area contributed by atoms with Crippen molar-refractivity contribution in [2.75, 3.05) is 0 Å². The number of aliphatic carboxylic acids is 1. The van der Waals surface area contributed by atoms with Crippen LogP contribution in [0.15, 0.2) is 180 Å². The highest BCUT2D eigenvalue weighted by Crippen LogP contribution is 2.47. The number of carboxylic acids is 1. The van der Waals surface area contributed by atoms with E-state index in [2.05, 4.69) is 0 Å². The average Bonchev–Trinajstić information content (AvgIpc) is 0.793. The van der Waals surface area contributed by atoms with Crippen LogP contribution in [-0.4, -0.2) is 69.0 Å². The number of fused-ring (bicyclic) bond motifs is 5. The van der Waals surface area contributed by atoms with Crippen molar-refractivity contribution in [3.63, 3.8) is 0 Å². The number of carboxylic acid groups (broad SMARTS) is 1. The molecule has 0 fully saturated rings. The summed E-state index contributed by atoms with van der Waals surface area (Å²) in [7, 11) is 0. The van der Waals surface area contributed by atoms with Gasteiger partial charge in [-0.3, -0.25) is 43.2 Å². The number of carbonyl (C=O) groups excluding carboxylic acids is 8. The molecule has 0 radical (unpaired) electrons. The van der Waals surface area contributed by atoms with Crippen molar-refractivity contribution in [3.05, 3.63) is 235 Å². The number of carbonyl (C=O) groups is 9. The number of rotatable bonds is 24. The van der Waals surface area contributed by atoms with Crippen LogP contribution in [0.5, 0.6) is 57.5 Å². The number of hydrogen-bond donors (Lipinski definition) is 3. The molecule has 10 rings (SSSR count). The van der Waals surface area contributed by atoms with E-state index in [0.717, 1.165) is 55.3 Å². The van der Waals surface area contributed by atoms with E-state index in [1.165, 1.54) is 45.8 Å². The fourth-order valence-corrected chi connectivity index (χ4v) is 13.2. The number of esters is 8. The summed E-state index contributed by atoms with van der Waals surface area (Å²) in [6, 6.07) is 36.5. The second-order valence-electron chi connectivity index (χ2n) is 29.8. The van der Waals surface area contributed by atoms with Gasteiger partial charge in [0.25, 0.3) is 0 Å². The first-order valence-electron chi connectivity index (χ1n) is 38.8. The van der Waals surface area contributed by atoms with Crippen LogP contribution >= 0.6 is 0 Å². The van der Waals surface area contributed by atoms with Gasteiger partial charge in [0.2, 0.25) is 0 Å². The van der Waals surface area contributed by atoms with Gasteiger partial charge in [0.05, 0.1) is 25.7 Å². The molecule has 0 atom stereocenters. The van der Waals surface area contributed by atoms with Crippen LogP contribution in [0, 0.1) is 34.6 Å². The molecule has 0 amide bonds. The molecule has 20 nitrogen and oxygen atoms in total. The number of aromatic hydroxyl groups is 2. The van der Waals surface area contributed by atoms with Gasteiger partial charge in [0, 0.05) is 116 Å². The molecule has 0 aliphatic carbocycles. The quantitative estimate of drug-likeness (QED) is 0.0288. The lowest BCUT2D eigenvalue weighted by atomic mass is 9.95. The molecule has 0 aliphatic rings. The third-order valence-electron chi connectivity index (χ3n) is 19.0. The number of benzene rings is 10. The molecule has 20 heteroatoms. The maximum absolute atomic E-state index is 13.3. The molecule has 3 N–H and O–H groups in total. The van der Waals surface area contributed by atoms with Gasteiger partial charge in [0.15, 0.2) is 0 Å². The van der Waals surface area contributed by atoms with E-state index in [4.69, 9.17) is 43.0 Å². The van der Waals surface area contributed by atoms with Crippen molar-refractivity contribution >= 4 is 108 Å². The van der Waals surface area contributed by atoms with Gasteiger partial charge >= 0.3 is 53.7 Å². The van der Waals surface area contributed by atoms with Crippen LogP contribution in [0.2, 0.25) is 0 Å². The Kier molecular flexibility index (Phi) is 34.9. The molecule has 0 aromatic heterocycles. The summed E-state index contributed by atoms with van der Waals surface area (Å²) < 4.78 is 45.1. The number of allylic oxidation sites excluding steroid dienone is 10. The molecule has 0 saturated carbocycles. The monoisotopic (exact) mass is 1620 g/mol. The van der Waals surface area contributed by atoms with Gasteiger partial charge in [-0.2, -0.15) is 0 Å². The van der Waals surface area contributed by atoms with Gasteiger partial charge in [0.1, 0.15) is 57.5 Å². The molecule has 0 aliphatic heterocycles. The molecule has 0 heterocycles. The molecule has 0 spiro atoms. The fourth-order valence-electron chi connectivity index (χ4n) is 13.2. The fraction of sp³-hybridized carbons (Fsp3) is 0.303. The van der Waals surface area contributed by atoms with Gasteiger partial charge in [-0.05, 0) is 164 Å². The van der Waals surface area contributed by atoms with Crippen molar-refractivity contribution in [2.45, 2.75) is 204 Å². The van der Waals surface area contributed by atoms with Crippen LogP contribution in [0.4, 0.5) is 0 Å². The van der Waals surface area contributed by atoms with Crippen molar-refractivity contribution in [1.29, 1.82) is 0 Å². The van der Waals surface area contributed by atoms with Crippen molar-refractivity contribution in [2.24, 2.45) is 0 Å². The topological polar surface area (TPSA) is 288 Å². The summed E-state index contributed by atoms with van der Waals surface area (Å²) >= 11 is 0. The highest BCUT2D eigenvalue weighted by molar-refractivity contribution is 6.03. The van der Waals surface area contributed by atoms with E-state index in [-0.39, 0.29) is 56.5 Å². The highest BCUT2D eigenvalue weighted by Gasteiger charge is 2.28. The van der Waals surface area contributed by atoms with Gasteiger partial charge in [-0.15, -0.1) is 0 Å². The summed E-state index contributed by atoms with van der Waals surface area (Å²) in [6.45, 7) is 35.9. The van der Waals surface area contributed by atoms with Crippen LogP contribution in [0.1, 0.15) is 193 Å². The smallest absolute Gasteiger partial charge is 0.311 e. The molecule has 0 bridgehead atoms. The summed E-state index contributed by atoms with van der Waals surface area (Å²) in [5.41, 5.74) is 13.0. The second kappa shape index (κ2) is 43.8. The molecular weight excluding hydrogens is 1510 g/mol. The van der Waals surface area contributed by atoms with Crippen LogP contribution in [0.25, 0.3) is 53.9 Å². The summed E-state index contributed by atoms with van der Waals surface area (Å²) in [6.07, 6.45) is 11.7. The number of ether oxygens (including phenoxy) is 8. The Morgan fingerprint density at radius 1 is 0.252 bits per heavy atom. The van der Waals surface area contributed by atoms with Crippen molar-refractivity contribution in [1.82, 2.24) is 0 Å². The standard InChI is InChI=1S/C40H42O8.C22H24O6.2C18H20O3.CH4/c1-23(2)17-19-29-25(5)37(45-27(7)41)31-13-9-11-15-33(31)39(29)47-35(43)21-22-36(44)48-40-30(20-18-24(3)4)26(6)38(46-28(8)42)32-14-10-12-16-34(32)40;1-13(2)9-10-16-14(3)21(27-15(4)23)17-7-5-6-8-18(17)22(16)28-20(26)12-11-19(24)25;2*1-11(2)9-10-14-12(3)18(21-13(4)19)16-8-6-5-7-15(16)17(14)20;/h9-18H,19-22H2,1-8H3;5-9H,10-12H2,1-4H3,(H,24,25);2*5-9,20H,10H2,1-4H3;1H4. The lowest BCUT2D eigenvalue weighted by Gasteiger charge is -2.20. The predicted octanol–water partition coefficient (Wildman–Crippen LogP) is 22.3. The molecule has 0 saturated heterocycles. The first-order chi connectivity index (χ1) is 55.8. The Morgan fingerprint density at radius 3 is 0.613 bits per heavy atom. The average molecular weight is 1620 g/mol. The van der Waals surface area contributed by atoms with E-state index in [1.807, 2.05) is 231 Å². The van der Waals surface area contributed by atoms with E-state index < -0.39 is 41.8 Å². The van der Waals surface area contributed by atoms with Crippen LogP contribution in [0.3, 0.4) is 0 Å². The van der Waals surface area contributed by atoms with Gasteiger partial charge in [-0.25, -0.2) is 0 Å². The number of phenolic OH excluding ortho intramolecular Hbond substituents is 2. The van der Waals surface area contributed by atoms with Gasteiger partial charge < -0.3 is 53.2 Å². The maximum Gasteiger partial charge on any atom is 0.311 e. The Labute approximate surface area is 696 Å². The zero-order valence-electron chi connectivity index (χ0n) is 71.1. The third-order valence-corrected chi connectivity index (χ3v) is 19.0. The van der Waals surface area contributed by atoms with Crippen molar-refractivity contribution in [3.8, 4) is 57.5 Å². The van der Waals surface area contributed by atoms with Crippen LogP contribution in [-0.2, 0) is 75.3 Å². The normalized spacial score (nSPS) is 10.5. The third kappa shape index (κ3) is 25.5. The van der Waals surface area contributed by atoms with E-state index in [1.54, 1.807) is 24.3 Å². The maximum atomic E-state index is 13.3. The second-order valence-corrected chi connectivity index (χ2v) is 29.8. The largest absolute Gasteiger partial charge is 0.507 e. The predicted molar refractivity (Wildman–Crippen MR) is 469 cm³/mol. The Bertz CT molecular complexity index is 5430. The number of phenols is 2. The zero-order valence-corrected chi connectivity index (χ0v) is 71.1. The SMILES string of the molecule is C.CC(=O)Oc1c(C)c(CC=C(C)C)c(O)c2ccccc12.CC(=O)Oc1c(C)c(CC=C(C)C)c(O)c2ccccc12.CC(=O)Oc1c(C)c(CC=C(C)C)c(OC(=O)CCC(=O)O)c2ccccc12.CC(=O)Oc1c(C)c(CC=C(C)C)c(OC(=O)CCC(=O)Oc2c(CC=C(C)C)c(C)c(OC(C)=O)c3ccccc23)c2ccccc12. The molecule has 119 heavy (non-hydrogen) atoms. The van der Waals surface area contributed by atoms with E-state index in [0.29, 0.717) is 149 Å². The summed E-state index contributed by atoms with van der Waals surface area (Å²) in [4.78, 5) is 108.